The van der Waals surface area contributed by atoms with E-state index in [4.69, 9.17) is 27.9 Å². The van der Waals surface area contributed by atoms with Crippen molar-refractivity contribution in [1.29, 1.82) is 0 Å². The van der Waals surface area contributed by atoms with E-state index in [-0.39, 0.29) is 38.5 Å². The van der Waals surface area contributed by atoms with Gasteiger partial charge in [0, 0.05) is 17.2 Å². The highest BCUT2D eigenvalue weighted by atomic mass is 35.5. The van der Waals surface area contributed by atoms with Gasteiger partial charge in [-0.3, -0.25) is 10.1 Å². The first-order chi connectivity index (χ1) is 11.9. The molecule has 2 aromatic rings. The van der Waals surface area contributed by atoms with Crippen molar-refractivity contribution in [1.82, 2.24) is 0 Å². The Kier molecular flexibility index (Phi) is 4.52. The predicted octanol–water partition coefficient (Wildman–Crippen LogP) is 4.39. The number of rotatable bonds is 3. The minimum atomic E-state index is -0.827. The zero-order valence-electron chi connectivity index (χ0n) is 12.2. The van der Waals surface area contributed by atoms with E-state index in [1.807, 2.05) is 0 Å². The van der Waals surface area contributed by atoms with E-state index in [2.05, 4.69) is 4.99 Å². The van der Waals surface area contributed by atoms with Gasteiger partial charge in [0.05, 0.1) is 9.95 Å². The fourth-order valence-electron chi connectivity index (χ4n) is 2.10. The van der Waals surface area contributed by atoms with E-state index < -0.39 is 16.7 Å². The Morgan fingerprint density at radius 1 is 1.20 bits per heavy atom. The largest absolute Gasteiger partial charge is 0.402 e. The molecule has 25 heavy (non-hydrogen) atoms. The van der Waals surface area contributed by atoms with Crippen LogP contribution in [0.5, 0.6) is 0 Å². The van der Waals surface area contributed by atoms with Gasteiger partial charge in [-0.1, -0.05) is 29.3 Å². The number of halogens is 3. The number of aliphatic imine (C=N–C) groups is 1. The highest BCUT2D eigenvalue weighted by Gasteiger charge is 2.26. The minimum absolute atomic E-state index is 0.0109. The molecule has 0 spiro atoms. The predicted molar refractivity (Wildman–Crippen MR) is 90.1 cm³/mol. The smallest absolute Gasteiger partial charge is 0.363 e. The van der Waals surface area contributed by atoms with Crippen LogP contribution in [0.1, 0.15) is 11.1 Å². The monoisotopic (exact) mass is 380 g/mol. The lowest BCUT2D eigenvalue weighted by molar-refractivity contribution is -0.384. The minimum Gasteiger partial charge on any atom is -0.402 e. The van der Waals surface area contributed by atoms with Crippen LogP contribution in [0.2, 0.25) is 10.0 Å². The summed E-state index contributed by atoms with van der Waals surface area (Å²) in [6.07, 6.45) is 1.15. The summed E-state index contributed by atoms with van der Waals surface area (Å²) in [7, 11) is 0. The number of carbonyl (C=O) groups excluding carboxylic acids is 1. The van der Waals surface area contributed by atoms with E-state index in [0.29, 0.717) is 0 Å². The summed E-state index contributed by atoms with van der Waals surface area (Å²) < 4.78 is 18.8. The Morgan fingerprint density at radius 2 is 1.96 bits per heavy atom. The molecule has 126 valence electrons. The first-order valence-electron chi connectivity index (χ1n) is 6.77. The van der Waals surface area contributed by atoms with Gasteiger partial charge in [-0.25, -0.2) is 14.2 Å². The molecule has 0 radical (unpaired) electrons. The molecular weight excluding hydrogens is 374 g/mol. The van der Waals surface area contributed by atoms with Gasteiger partial charge in [0.25, 0.3) is 5.69 Å². The molecule has 1 aliphatic rings. The molecule has 1 aliphatic heterocycles. The van der Waals surface area contributed by atoms with Gasteiger partial charge in [-0.15, -0.1) is 0 Å². The Labute approximate surface area is 150 Å². The molecule has 0 fully saturated rings. The van der Waals surface area contributed by atoms with Gasteiger partial charge in [-0.2, -0.15) is 0 Å². The number of ether oxygens (including phenoxy) is 1. The molecule has 9 heteroatoms. The summed E-state index contributed by atoms with van der Waals surface area (Å²) in [5.74, 6) is -1.60. The lowest BCUT2D eigenvalue weighted by atomic mass is 10.2. The molecule has 3 rings (SSSR count). The highest BCUT2D eigenvalue weighted by molar-refractivity contribution is 6.33. The SMILES string of the molecule is O=C1OC(c2ccc(Cl)c([N+](=O)[O-])c2)=N/C1=C\c1c(F)cccc1Cl. The summed E-state index contributed by atoms with van der Waals surface area (Å²) >= 11 is 11.6. The number of esters is 1. The molecule has 2 aromatic carbocycles. The number of nitro groups is 1. The molecule has 0 saturated heterocycles. The zero-order valence-corrected chi connectivity index (χ0v) is 13.7. The van der Waals surface area contributed by atoms with Crippen LogP contribution < -0.4 is 0 Å². The standard InChI is InChI=1S/C16H7Cl2FN2O4/c17-10-2-1-3-12(19)9(10)7-13-16(22)25-15(20-13)8-4-5-11(18)14(6-8)21(23)24/h1-7H/b13-7-. The first-order valence-corrected chi connectivity index (χ1v) is 7.53. The molecule has 0 aliphatic carbocycles. The number of nitrogens with zero attached hydrogens (tertiary/aromatic N) is 2. The van der Waals surface area contributed by atoms with Crippen molar-refractivity contribution in [2.24, 2.45) is 4.99 Å². The molecule has 0 N–H and O–H groups in total. The number of benzene rings is 2. The van der Waals surface area contributed by atoms with Crippen LogP contribution in [0, 0.1) is 15.9 Å². The van der Waals surface area contributed by atoms with Gasteiger partial charge < -0.3 is 4.74 Å². The molecule has 6 nitrogen and oxygen atoms in total. The zero-order chi connectivity index (χ0) is 18.1. The molecule has 0 unspecified atom stereocenters. The third-order valence-corrected chi connectivity index (χ3v) is 3.94. The lowest BCUT2D eigenvalue weighted by Crippen LogP contribution is -2.06. The third kappa shape index (κ3) is 3.38. The van der Waals surface area contributed by atoms with E-state index in [9.17, 15) is 19.3 Å². The summed E-state index contributed by atoms with van der Waals surface area (Å²) in [6, 6.07) is 7.92. The average molecular weight is 381 g/mol. The molecule has 0 bridgehead atoms. The van der Waals surface area contributed by atoms with Gasteiger partial charge >= 0.3 is 5.97 Å². The van der Waals surface area contributed by atoms with Crippen LogP contribution in [0.25, 0.3) is 6.08 Å². The van der Waals surface area contributed by atoms with Crippen molar-refractivity contribution >= 4 is 46.8 Å². The second-order valence-corrected chi connectivity index (χ2v) is 5.71. The number of hydrogen-bond acceptors (Lipinski definition) is 5. The fraction of sp³-hybridized carbons (Fsp3) is 0. The number of carbonyl (C=O) groups is 1. The normalized spacial score (nSPS) is 15.2. The maximum absolute atomic E-state index is 13.8. The van der Waals surface area contributed by atoms with Crippen molar-refractivity contribution in [3.63, 3.8) is 0 Å². The third-order valence-electron chi connectivity index (χ3n) is 3.29. The van der Waals surface area contributed by atoms with Crippen LogP contribution in [0.15, 0.2) is 47.1 Å². The number of nitro benzene ring substituents is 1. The molecule has 0 saturated carbocycles. The van der Waals surface area contributed by atoms with Crippen molar-refractivity contribution in [3.05, 3.63) is 79.2 Å². The Hall–Kier alpha value is -2.77. The molecular formula is C16H7Cl2FN2O4. The molecule has 0 amide bonds. The molecule has 1 heterocycles. The quantitative estimate of drug-likeness (QED) is 0.342. The van der Waals surface area contributed by atoms with E-state index in [0.717, 1.165) is 12.1 Å². The number of cyclic esters (lactones) is 1. The van der Waals surface area contributed by atoms with Gasteiger partial charge in [0.1, 0.15) is 10.8 Å². The maximum Gasteiger partial charge on any atom is 0.363 e. The lowest BCUT2D eigenvalue weighted by Gasteiger charge is -2.00. The second-order valence-electron chi connectivity index (χ2n) is 4.89. The fourth-order valence-corrected chi connectivity index (χ4v) is 2.51. The Balaban J connectivity index is 2.03. The highest BCUT2D eigenvalue weighted by Crippen LogP contribution is 2.28. The topological polar surface area (TPSA) is 81.8 Å². The summed E-state index contributed by atoms with van der Waals surface area (Å²) in [6.45, 7) is 0. The number of hydrogen-bond donors (Lipinski definition) is 0. The van der Waals surface area contributed by atoms with Crippen molar-refractivity contribution in [3.8, 4) is 0 Å². The molecule has 0 atom stereocenters. The van der Waals surface area contributed by atoms with Gasteiger partial charge in [-0.05, 0) is 30.3 Å². The summed E-state index contributed by atoms with van der Waals surface area (Å²) in [4.78, 5) is 26.2. The summed E-state index contributed by atoms with van der Waals surface area (Å²) in [5, 5.41) is 11.0. The molecule has 0 aromatic heterocycles. The second kappa shape index (κ2) is 6.62. The average Bonchev–Trinajstić information content (AvgIpc) is 2.92. The Bertz CT molecular complexity index is 952. The first kappa shape index (κ1) is 17.1. The van der Waals surface area contributed by atoms with Crippen molar-refractivity contribution in [2.75, 3.05) is 0 Å². The van der Waals surface area contributed by atoms with Crippen LogP contribution in [-0.4, -0.2) is 16.8 Å². The van der Waals surface area contributed by atoms with Crippen molar-refractivity contribution < 1.29 is 18.8 Å². The van der Waals surface area contributed by atoms with E-state index in [1.54, 1.807) is 0 Å². The van der Waals surface area contributed by atoms with E-state index in [1.165, 1.54) is 30.3 Å². The Morgan fingerprint density at radius 3 is 2.64 bits per heavy atom. The van der Waals surface area contributed by atoms with Crippen LogP contribution in [0.4, 0.5) is 10.1 Å². The van der Waals surface area contributed by atoms with Crippen LogP contribution in [0.3, 0.4) is 0 Å². The van der Waals surface area contributed by atoms with Gasteiger partial charge in [0.2, 0.25) is 5.90 Å². The van der Waals surface area contributed by atoms with Gasteiger partial charge in [0.15, 0.2) is 5.70 Å². The van der Waals surface area contributed by atoms with Crippen LogP contribution in [-0.2, 0) is 9.53 Å². The summed E-state index contributed by atoms with van der Waals surface area (Å²) in [5.41, 5.74) is -0.359. The van der Waals surface area contributed by atoms with Crippen molar-refractivity contribution in [2.45, 2.75) is 0 Å². The van der Waals surface area contributed by atoms with Crippen LogP contribution >= 0.6 is 23.2 Å². The van der Waals surface area contributed by atoms with E-state index >= 15 is 0 Å². The maximum atomic E-state index is 13.8.